The number of carbonyl (C=O) groups is 1. The van der Waals surface area contributed by atoms with Crippen LogP contribution in [0.15, 0.2) is 17.6 Å². The van der Waals surface area contributed by atoms with Crippen LogP contribution < -0.4 is 0 Å². The number of nitrogens with zero attached hydrogens (tertiary/aromatic N) is 3. The van der Waals surface area contributed by atoms with Crippen molar-refractivity contribution in [3.05, 3.63) is 40.2 Å². The maximum atomic E-state index is 12.7. The third-order valence-electron chi connectivity index (χ3n) is 4.46. The first-order valence-electron chi connectivity index (χ1n) is 7.62. The van der Waals surface area contributed by atoms with Gasteiger partial charge in [-0.2, -0.15) is 0 Å². The Morgan fingerprint density at radius 3 is 2.45 bits per heavy atom. The highest BCUT2D eigenvalue weighted by molar-refractivity contribution is 7.99. The summed E-state index contributed by atoms with van der Waals surface area (Å²) in [7, 11) is 0. The van der Waals surface area contributed by atoms with E-state index in [9.17, 15) is 4.79 Å². The molecule has 0 unspecified atom stereocenters. The van der Waals surface area contributed by atoms with Crippen molar-refractivity contribution in [1.29, 1.82) is 0 Å². The fourth-order valence-electron chi connectivity index (χ4n) is 2.78. The molecule has 2 aromatic rings. The van der Waals surface area contributed by atoms with Gasteiger partial charge in [0.2, 0.25) is 0 Å². The number of aromatic nitrogens is 3. The summed E-state index contributed by atoms with van der Waals surface area (Å²) in [6.07, 6.45) is 4.15. The summed E-state index contributed by atoms with van der Waals surface area (Å²) in [4.78, 5) is 12.7. The summed E-state index contributed by atoms with van der Waals surface area (Å²) < 4.78 is 2.10. The molecule has 1 heterocycles. The Balaban J connectivity index is 1.79. The lowest BCUT2D eigenvalue weighted by Gasteiger charge is -2.14. The van der Waals surface area contributed by atoms with Gasteiger partial charge in [0.1, 0.15) is 6.33 Å². The highest BCUT2D eigenvalue weighted by atomic mass is 32.2. The Bertz CT molecular complexity index is 705. The van der Waals surface area contributed by atoms with Crippen LogP contribution in [0.25, 0.3) is 0 Å². The molecule has 0 bridgehead atoms. The van der Waals surface area contributed by atoms with Crippen LogP contribution in [0.3, 0.4) is 0 Å². The Labute approximate surface area is 135 Å². The van der Waals surface area contributed by atoms with Crippen molar-refractivity contribution in [2.24, 2.45) is 0 Å². The van der Waals surface area contributed by atoms with Crippen LogP contribution in [0.1, 0.15) is 51.5 Å². The molecule has 0 amide bonds. The van der Waals surface area contributed by atoms with E-state index in [1.807, 2.05) is 13.8 Å². The van der Waals surface area contributed by atoms with Crippen LogP contribution in [-0.2, 0) is 0 Å². The van der Waals surface area contributed by atoms with Crippen LogP contribution in [0.2, 0.25) is 0 Å². The number of hydrogen-bond acceptors (Lipinski definition) is 4. The molecule has 4 nitrogen and oxygen atoms in total. The van der Waals surface area contributed by atoms with Crippen LogP contribution in [0.5, 0.6) is 0 Å². The zero-order valence-electron chi connectivity index (χ0n) is 13.5. The Kier molecular flexibility index (Phi) is 4.08. The molecule has 1 aromatic carbocycles. The van der Waals surface area contributed by atoms with Crippen molar-refractivity contribution >= 4 is 17.5 Å². The number of hydrogen-bond donors (Lipinski definition) is 0. The quantitative estimate of drug-likeness (QED) is 0.621. The van der Waals surface area contributed by atoms with Crippen LogP contribution in [0.4, 0.5) is 0 Å². The molecule has 3 rings (SSSR count). The van der Waals surface area contributed by atoms with Crippen molar-refractivity contribution in [2.45, 2.75) is 51.7 Å². The molecule has 1 saturated carbocycles. The summed E-state index contributed by atoms with van der Waals surface area (Å²) in [5, 5.41) is 8.98. The van der Waals surface area contributed by atoms with Crippen molar-refractivity contribution in [3.63, 3.8) is 0 Å². The zero-order chi connectivity index (χ0) is 15.9. The number of rotatable bonds is 5. The van der Waals surface area contributed by atoms with Gasteiger partial charge in [-0.3, -0.25) is 4.79 Å². The fourth-order valence-corrected chi connectivity index (χ4v) is 3.63. The minimum Gasteiger partial charge on any atom is -0.306 e. The standard InChI is InChI=1S/C17H21N3OS/c1-10-7-11(2)13(4)16(12(10)3)15(21)8-22-17-19-18-9-20(17)14-5-6-14/h7,9,14H,5-6,8H2,1-4H3. The molecule has 0 atom stereocenters. The largest absolute Gasteiger partial charge is 0.306 e. The lowest BCUT2D eigenvalue weighted by molar-refractivity contribution is 0.102. The van der Waals surface area contributed by atoms with Crippen LogP contribution in [-0.4, -0.2) is 26.3 Å². The van der Waals surface area contributed by atoms with Gasteiger partial charge in [0.15, 0.2) is 10.9 Å². The molecule has 1 fully saturated rings. The monoisotopic (exact) mass is 315 g/mol. The lowest BCUT2D eigenvalue weighted by Crippen LogP contribution is -2.10. The normalized spacial score (nSPS) is 14.4. The predicted molar refractivity (Wildman–Crippen MR) is 88.7 cm³/mol. The smallest absolute Gasteiger partial charge is 0.191 e. The molecule has 5 heteroatoms. The maximum Gasteiger partial charge on any atom is 0.191 e. The van der Waals surface area contributed by atoms with Gasteiger partial charge in [-0.15, -0.1) is 10.2 Å². The Morgan fingerprint density at radius 2 is 1.86 bits per heavy atom. The van der Waals surface area contributed by atoms with E-state index in [0.29, 0.717) is 11.8 Å². The third-order valence-corrected chi connectivity index (χ3v) is 5.41. The van der Waals surface area contributed by atoms with Crippen LogP contribution in [0, 0.1) is 27.7 Å². The van der Waals surface area contributed by atoms with Crippen molar-refractivity contribution in [1.82, 2.24) is 14.8 Å². The van der Waals surface area contributed by atoms with Crippen molar-refractivity contribution in [3.8, 4) is 0 Å². The molecule has 0 aliphatic heterocycles. The first-order valence-corrected chi connectivity index (χ1v) is 8.60. The summed E-state index contributed by atoms with van der Waals surface area (Å²) in [5.74, 6) is 0.591. The number of carbonyl (C=O) groups excluding carboxylic acids is 1. The van der Waals surface area contributed by atoms with Gasteiger partial charge >= 0.3 is 0 Å². The Morgan fingerprint density at radius 1 is 1.23 bits per heavy atom. The number of thioether (sulfide) groups is 1. The predicted octanol–water partition coefficient (Wildman–Crippen LogP) is 3.82. The second kappa shape index (κ2) is 5.88. The average molecular weight is 315 g/mol. The van der Waals surface area contributed by atoms with E-state index in [1.54, 1.807) is 6.33 Å². The maximum absolute atomic E-state index is 12.7. The summed E-state index contributed by atoms with van der Waals surface area (Å²) >= 11 is 1.49. The van der Waals surface area contributed by atoms with Gasteiger partial charge in [0.25, 0.3) is 0 Å². The summed E-state index contributed by atoms with van der Waals surface area (Å²) in [6, 6.07) is 2.69. The molecule has 0 radical (unpaired) electrons. The van der Waals surface area contributed by atoms with Gasteiger partial charge in [-0.05, 0) is 62.8 Å². The molecule has 0 saturated heterocycles. The van der Waals surface area contributed by atoms with Gasteiger partial charge < -0.3 is 4.57 Å². The van der Waals surface area contributed by atoms with Crippen molar-refractivity contribution < 1.29 is 4.79 Å². The van der Waals surface area contributed by atoms with Gasteiger partial charge in [-0.1, -0.05) is 17.8 Å². The molecule has 1 aliphatic rings. The number of ketones is 1. The lowest BCUT2D eigenvalue weighted by atomic mass is 9.92. The van der Waals surface area contributed by atoms with E-state index in [4.69, 9.17) is 0 Å². The second-order valence-corrected chi connectivity index (χ2v) is 7.04. The van der Waals surface area contributed by atoms with E-state index < -0.39 is 0 Å². The van der Waals surface area contributed by atoms with Crippen molar-refractivity contribution in [2.75, 3.05) is 5.75 Å². The molecule has 116 valence electrons. The Hall–Kier alpha value is -1.62. The molecular weight excluding hydrogens is 294 g/mol. The first kappa shape index (κ1) is 15.3. The van der Waals surface area contributed by atoms with Crippen LogP contribution >= 0.6 is 11.8 Å². The minimum atomic E-state index is 0.178. The zero-order valence-corrected chi connectivity index (χ0v) is 14.3. The van der Waals surface area contributed by atoms with E-state index in [1.165, 1.54) is 35.7 Å². The molecule has 1 aliphatic carbocycles. The average Bonchev–Trinajstić information content (AvgIpc) is 3.22. The molecule has 0 N–H and O–H groups in total. The van der Waals surface area contributed by atoms with Gasteiger partial charge in [-0.25, -0.2) is 0 Å². The molecule has 0 spiro atoms. The number of aryl methyl sites for hydroxylation is 2. The van der Waals surface area contributed by atoms with Gasteiger partial charge in [0, 0.05) is 11.6 Å². The fraction of sp³-hybridized carbons (Fsp3) is 0.471. The molecular formula is C17H21N3OS. The summed E-state index contributed by atoms with van der Waals surface area (Å²) in [6.45, 7) is 8.20. The first-order chi connectivity index (χ1) is 10.5. The highest BCUT2D eigenvalue weighted by Crippen LogP contribution is 2.37. The molecule has 1 aromatic heterocycles. The minimum absolute atomic E-state index is 0.178. The second-order valence-electron chi connectivity index (χ2n) is 6.10. The van der Waals surface area contributed by atoms with Gasteiger partial charge in [0.05, 0.1) is 5.75 Å². The van der Waals surface area contributed by atoms with E-state index >= 15 is 0 Å². The highest BCUT2D eigenvalue weighted by Gasteiger charge is 2.26. The number of Topliss-reactive ketones (excluding diaryl/α,β-unsaturated/α-hetero) is 1. The molecule has 22 heavy (non-hydrogen) atoms. The number of benzene rings is 1. The van der Waals surface area contributed by atoms with E-state index in [0.717, 1.165) is 21.8 Å². The summed E-state index contributed by atoms with van der Waals surface area (Å²) in [5.41, 5.74) is 5.42. The third kappa shape index (κ3) is 2.82. The topological polar surface area (TPSA) is 47.8 Å². The SMILES string of the molecule is Cc1cc(C)c(C)c(C(=O)CSc2nncn2C2CC2)c1C. The van der Waals surface area contributed by atoms with E-state index in [-0.39, 0.29) is 5.78 Å². The van der Waals surface area contributed by atoms with E-state index in [2.05, 4.69) is 34.7 Å².